The van der Waals surface area contributed by atoms with Crippen LogP contribution in [0.1, 0.15) is 52.0 Å². The highest BCUT2D eigenvalue weighted by atomic mass is 35.5. The highest BCUT2D eigenvalue weighted by Crippen LogP contribution is 2.27. The maximum Gasteiger partial charge on any atom is 0.249 e. The molecule has 1 fully saturated rings. The van der Waals surface area contributed by atoms with Crippen LogP contribution in [-0.2, 0) is 16.1 Å². The Morgan fingerprint density at radius 3 is 2.85 bits per heavy atom. The number of hydrogen-bond donors (Lipinski definition) is 1. The molecule has 208 valence electrons. The number of benzene rings is 1. The number of rotatable bonds is 11. The average Bonchev–Trinajstić information content (AvgIpc) is 3.41. The van der Waals surface area contributed by atoms with Crippen LogP contribution < -0.4 is 5.32 Å². The van der Waals surface area contributed by atoms with Crippen LogP contribution in [0, 0.1) is 17.7 Å². The van der Waals surface area contributed by atoms with Gasteiger partial charge in [-0.2, -0.15) is 0 Å². The number of aliphatic imine (C=N–C) groups is 2. The van der Waals surface area contributed by atoms with Crippen LogP contribution in [0.3, 0.4) is 0 Å². The summed E-state index contributed by atoms with van der Waals surface area (Å²) >= 11 is 5.85. The van der Waals surface area contributed by atoms with E-state index in [1.54, 1.807) is 38.3 Å². The molecular weight excluding hydrogens is 515 g/mol. The van der Waals surface area contributed by atoms with Gasteiger partial charge in [-0.05, 0) is 56.2 Å². The van der Waals surface area contributed by atoms with Crippen molar-refractivity contribution in [2.45, 2.75) is 64.4 Å². The van der Waals surface area contributed by atoms with Crippen LogP contribution in [-0.4, -0.2) is 47.1 Å². The van der Waals surface area contributed by atoms with Crippen molar-refractivity contribution in [3.05, 3.63) is 77.8 Å². The minimum Gasteiger partial charge on any atom is -0.348 e. The molecule has 2 aliphatic rings. The van der Waals surface area contributed by atoms with Crippen molar-refractivity contribution in [3.63, 3.8) is 0 Å². The van der Waals surface area contributed by atoms with E-state index < -0.39 is 5.82 Å². The Hall–Kier alpha value is -3.32. The van der Waals surface area contributed by atoms with Gasteiger partial charge in [0.15, 0.2) is 0 Å². The second kappa shape index (κ2) is 14.7. The van der Waals surface area contributed by atoms with Crippen LogP contribution in [0.4, 0.5) is 10.1 Å². The highest BCUT2D eigenvalue weighted by Gasteiger charge is 2.29. The second-order valence-electron chi connectivity index (χ2n) is 10.2. The van der Waals surface area contributed by atoms with E-state index in [-0.39, 0.29) is 41.6 Å². The zero-order chi connectivity index (χ0) is 28.4. The Morgan fingerprint density at radius 1 is 1.36 bits per heavy atom. The SMILES string of the molecule is C=CC=C(C=CC(C)C1CCCN1C(C)=O)CC1C=NC=C(C(=O)NCc2ccc(N=CC(C)Cl)cc2F)C1. The molecule has 1 aromatic carbocycles. The highest BCUT2D eigenvalue weighted by molar-refractivity contribution is 6.27. The molecule has 2 amide bonds. The van der Waals surface area contributed by atoms with Gasteiger partial charge in [-0.25, -0.2) is 4.39 Å². The Bertz CT molecular complexity index is 1200. The van der Waals surface area contributed by atoms with Crippen molar-refractivity contribution in [2.24, 2.45) is 21.8 Å². The zero-order valence-electron chi connectivity index (χ0n) is 22.9. The van der Waals surface area contributed by atoms with Gasteiger partial charge in [0.2, 0.25) is 11.8 Å². The third kappa shape index (κ3) is 9.13. The topological polar surface area (TPSA) is 74.1 Å². The summed E-state index contributed by atoms with van der Waals surface area (Å²) in [5.74, 6) is -0.305. The van der Waals surface area contributed by atoms with E-state index in [1.807, 2.05) is 17.2 Å². The van der Waals surface area contributed by atoms with Gasteiger partial charge >= 0.3 is 0 Å². The van der Waals surface area contributed by atoms with Crippen LogP contribution in [0.5, 0.6) is 0 Å². The first-order valence-electron chi connectivity index (χ1n) is 13.4. The average molecular weight is 553 g/mol. The molecule has 2 aliphatic heterocycles. The normalized spacial score (nSPS) is 21.3. The van der Waals surface area contributed by atoms with Gasteiger partial charge in [0.05, 0.1) is 11.1 Å². The molecule has 0 radical (unpaired) electrons. The molecule has 1 N–H and O–H groups in total. The summed E-state index contributed by atoms with van der Waals surface area (Å²) in [5.41, 5.74) is 2.47. The van der Waals surface area contributed by atoms with Crippen LogP contribution in [0.2, 0.25) is 0 Å². The van der Waals surface area contributed by atoms with Crippen LogP contribution in [0.25, 0.3) is 0 Å². The quantitative estimate of drug-likeness (QED) is 0.194. The Labute approximate surface area is 236 Å². The lowest BCUT2D eigenvalue weighted by Gasteiger charge is -2.27. The second-order valence-corrected chi connectivity index (χ2v) is 10.8. The maximum absolute atomic E-state index is 14.5. The number of carbonyl (C=O) groups excluding carboxylic acids is 2. The molecule has 4 atom stereocenters. The van der Waals surface area contributed by atoms with E-state index in [2.05, 4.69) is 41.0 Å². The summed E-state index contributed by atoms with van der Waals surface area (Å²) in [7, 11) is 0. The molecule has 0 aromatic heterocycles. The van der Waals surface area contributed by atoms with Crippen molar-refractivity contribution in [3.8, 4) is 0 Å². The molecule has 4 unspecified atom stereocenters. The molecule has 39 heavy (non-hydrogen) atoms. The molecule has 0 bridgehead atoms. The fourth-order valence-electron chi connectivity index (χ4n) is 4.94. The number of amides is 2. The monoisotopic (exact) mass is 552 g/mol. The summed E-state index contributed by atoms with van der Waals surface area (Å²) in [5, 5.41) is 2.56. The molecule has 1 saturated heterocycles. The first-order chi connectivity index (χ1) is 18.7. The van der Waals surface area contributed by atoms with E-state index in [0.29, 0.717) is 29.7 Å². The number of nitrogens with one attached hydrogen (secondary N) is 1. The van der Waals surface area contributed by atoms with Gasteiger partial charge in [-0.1, -0.05) is 43.9 Å². The van der Waals surface area contributed by atoms with Crippen molar-refractivity contribution < 1.29 is 14.0 Å². The molecule has 1 aromatic rings. The molecule has 3 rings (SSSR count). The number of alkyl halides is 1. The first-order valence-corrected chi connectivity index (χ1v) is 13.9. The summed E-state index contributed by atoms with van der Waals surface area (Å²) < 4.78 is 14.5. The van der Waals surface area contributed by atoms with E-state index in [1.165, 1.54) is 12.3 Å². The van der Waals surface area contributed by atoms with Gasteiger partial charge < -0.3 is 10.2 Å². The van der Waals surface area contributed by atoms with Crippen molar-refractivity contribution in [1.29, 1.82) is 0 Å². The van der Waals surface area contributed by atoms with E-state index in [0.717, 1.165) is 25.0 Å². The smallest absolute Gasteiger partial charge is 0.249 e. The predicted molar refractivity (Wildman–Crippen MR) is 158 cm³/mol. The lowest BCUT2D eigenvalue weighted by atomic mass is 9.90. The summed E-state index contributed by atoms with van der Waals surface area (Å²) in [4.78, 5) is 35.2. The number of nitrogens with zero attached hydrogens (tertiary/aromatic N) is 3. The largest absolute Gasteiger partial charge is 0.348 e. The number of likely N-dealkylation sites (tertiary alicyclic amines) is 1. The number of allylic oxidation sites excluding steroid dienone is 4. The summed E-state index contributed by atoms with van der Waals surface area (Å²) in [6.07, 6.45) is 16.2. The van der Waals surface area contributed by atoms with Crippen molar-refractivity contribution in [2.75, 3.05) is 6.54 Å². The van der Waals surface area contributed by atoms with E-state index >= 15 is 0 Å². The molecular formula is C31H38ClFN4O2. The van der Waals surface area contributed by atoms with Crippen molar-refractivity contribution in [1.82, 2.24) is 10.2 Å². The predicted octanol–water partition coefficient (Wildman–Crippen LogP) is 6.45. The minimum atomic E-state index is -0.440. The van der Waals surface area contributed by atoms with E-state index in [9.17, 15) is 14.0 Å². The molecule has 6 nitrogen and oxygen atoms in total. The van der Waals surface area contributed by atoms with Crippen LogP contribution >= 0.6 is 11.6 Å². The van der Waals surface area contributed by atoms with Gasteiger partial charge in [-0.15, -0.1) is 11.6 Å². The Kier molecular flexibility index (Phi) is 11.4. The molecule has 0 spiro atoms. The summed E-state index contributed by atoms with van der Waals surface area (Å²) in [6.45, 7) is 10.3. The van der Waals surface area contributed by atoms with Gasteiger partial charge in [0, 0.05) is 61.7 Å². The fourth-order valence-corrected chi connectivity index (χ4v) is 4.99. The number of hydrogen-bond acceptors (Lipinski definition) is 4. The molecule has 8 heteroatoms. The minimum absolute atomic E-state index is 0.0420. The van der Waals surface area contributed by atoms with Gasteiger partial charge in [0.25, 0.3) is 0 Å². The number of carbonyl (C=O) groups is 2. The number of halogens is 2. The van der Waals surface area contributed by atoms with Crippen molar-refractivity contribution >= 4 is 41.5 Å². The third-order valence-electron chi connectivity index (χ3n) is 6.96. The van der Waals surface area contributed by atoms with Crippen LogP contribution in [0.15, 0.2) is 76.4 Å². The Balaban J connectivity index is 1.55. The maximum atomic E-state index is 14.5. The molecule has 0 aliphatic carbocycles. The lowest BCUT2D eigenvalue weighted by Crippen LogP contribution is -2.37. The standard InChI is InChI=1S/C31H38ClFN4O2/c1-5-7-24(10-9-21(2)30-8-6-13-37(30)23(4)38)14-25-15-27(19-34-18-25)31(39)36-20-26-11-12-28(16-29(26)33)35-17-22(3)32/h5,7,9-12,16-19,21-22,25,30H,1,6,8,13-15,20H2,2-4H3,(H,36,39). The third-order valence-corrected chi connectivity index (χ3v) is 7.07. The molecule has 2 heterocycles. The van der Waals surface area contributed by atoms with E-state index in [4.69, 9.17) is 11.6 Å². The summed E-state index contributed by atoms with van der Waals surface area (Å²) in [6, 6.07) is 4.84. The Morgan fingerprint density at radius 2 is 2.15 bits per heavy atom. The molecule has 0 saturated carbocycles. The van der Waals surface area contributed by atoms with Gasteiger partial charge in [0.1, 0.15) is 5.82 Å². The first kappa shape index (κ1) is 30.2. The fraction of sp³-hybridized carbons (Fsp3) is 0.419. The zero-order valence-corrected chi connectivity index (χ0v) is 23.7. The van der Waals surface area contributed by atoms with Gasteiger partial charge in [-0.3, -0.25) is 19.6 Å². The lowest BCUT2D eigenvalue weighted by molar-refractivity contribution is -0.130.